The molecule has 1 aliphatic rings. The van der Waals surface area contributed by atoms with Crippen LogP contribution in [-0.4, -0.2) is 49.5 Å². The predicted molar refractivity (Wildman–Crippen MR) is 102 cm³/mol. The van der Waals surface area contributed by atoms with Gasteiger partial charge in [0.05, 0.1) is 11.4 Å². The number of carbonyl (C=O) groups excluding carboxylic acids is 1. The lowest BCUT2D eigenvalue weighted by molar-refractivity contribution is -0.129. The summed E-state index contributed by atoms with van der Waals surface area (Å²) < 4.78 is 1.73. The Morgan fingerprint density at radius 2 is 1.81 bits per heavy atom. The number of nitrogens with zero attached hydrogens (tertiary/aromatic N) is 5. The third kappa shape index (κ3) is 3.58. The van der Waals surface area contributed by atoms with Gasteiger partial charge in [0, 0.05) is 18.7 Å². The molecule has 1 aromatic carbocycles. The fourth-order valence-corrected chi connectivity index (χ4v) is 3.89. The van der Waals surface area contributed by atoms with Crippen molar-refractivity contribution in [2.45, 2.75) is 31.3 Å². The highest BCUT2D eigenvalue weighted by Gasteiger charge is 2.18. The van der Waals surface area contributed by atoms with Crippen molar-refractivity contribution in [3.8, 4) is 11.3 Å². The van der Waals surface area contributed by atoms with Gasteiger partial charge in [-0.15, -0.1) is 10.2 Å². The molecular formula is C19H21N5OS. The van der Waals surface area contributed by atoms with Crippen molar-refractivity contribution in [1.29, 1.82) is 0 Å². The molecule has 3 heterocycles. The quantitative estimate of drug-likeness (QED) is 0.663. The van der Waals surface area contributed by atoms with E-state index in [-0.39, 0.29) is 5.91 Å². The monoisotopic (exact) mass is 367 g/mol. The van der Waals surface area contributed by atoms with Crippen LogP contribution < -0.4 is 0 Å². The molecule has 3 aromatic rings. The number of aryl methyl sites for hydroxylation is 1. The van der Waals surface area contributed by atoms with E-state index < -0.39 is 0 Å². The van der Waals surface area contributed by atoms with Crippen LogP contribution in [0.25, 0.3) is 16.9 Å². The second kappa shape index (κ2) is 7.45. The minimum atomic E-state index is 0.168. The van der Waals surface area contributed by atoms with Crippen LogP contribution >= 0.6 is 11.8 Å². The lowest BCUT2D eigenvalue weighted by Gasteiger charge is -2.26. The molecule has 0 spiro atoms. The molecular weight excluding hydrogens is 346 g/mol. The van der Waals surface area contributed by atoms with E-state index in [1.165, 1.54) is 23.7 Å². The Kier molecular flexibility index (Phi) is 4.88. The van der Waals surface area contributed by atoms with Crippen LogP contribution in [0.3, 0.4) is 0 Å². The first-order valence-electron chi connectivity index (χ1n) is 8.91. The van der Waals surface area contributed by atoms with E-state index in [9.17, 15) is 4.79 Å². The number of benzene rings is 1. The number of carbonyl (C=O) groups is 1. The minimum absolute atomic E-state index is 0.168. The summed E-state index contributed by atoms with van der Waals surface area (Å²) in [6, 6.07) is 12.1. The first kappa shape index (κ1) is 17.0. The highest BCUT2D eigenvalue weighted by atomic mass is 32.2. The second-order valence-corrected chi connectivity index (χ2v) is 7.51. The second-order valence-electron chi connectivity index (χ2n) is 6.57. The van der Waals surface area contributed by atoms with Crippen LogP contribution in [0.4, 0.5) is 0 Å². The van der Waals surface area contributed by atoms with E-state index in [0.717, 1.165) is 37.2 Å². The van der Waals surface area contributed by atoms with Gasteiger partial charge in [0.1, 0.15) is 0 Å². The van der Waals surface area contributed by atoms with Crippen molar-refractivity contribution in [2.75, 3.05) is 18.8 Å². The van der Waals surface area contributed by atoms with Crippen molar-refractivity contribution in [2.24, 2.45) is 0 Å². The van der Waals surface area contributed by atoms with Crippen molar-refractivity contribution >= 4 is 23.3 Å². The Labute approximate surface area is 156 Å². The summed E-state index contributed by atoms with van der Waals surface area (Å²) in [6.07, 6.45) is 3.43. The van der Waals surface area contributed by atoms with Gasteiger partial charge in [-0.1, -0.05) is 41.6 Å². The zero-order valence-electron chi connectivity index (χ0n) is 14.8. The third-order valence-corrected chi connectivity index (χ3v) is 5.52. The van der Waals surface area contributed by atoms with Gasteiger partial charge in [0.15, 0.2) is 5.65 Å². The largest absolute Gasteiger partial charge is 0.342 e. The van der Waals surface area contributed by atoms with Gasteiger partial charge < -0.3 is 4.90 Å². The molecule has 0 aliphatic carbocycles. The van der Waals surface area contributed by atoms with Crippen LogP contribution in [-0.2, 0) is 4.79 Å². The van der Waals surface area contributed by atoms with Crippen molar-refractivity contribution in [1.82, 2.24) is 24.7 Å². The van der Waals surface area contributed by atoms with Crippen molar-refractivity contribution in [3.05, 3.63) is 42.0 Å². The van der Waals surface area contributed by atoms with Gasteiger partial charge in [0.2, 0.25) is 11.1 Å². The number of thioether (sulfide) groups is 1. The summed E-state index contributed by atoms with van der Waals surface area (Å²) in [6.45, 7) is 3.81. The summed E-state index contributed by atoms with van der Waals surface area (Å²) in [4.78, 5) is 14.3. The highest BCUT2D eigenvalue weighted by Crippen LogP contribution is 2.21. The normalized spacial score (nSPS) is 14.7. The predicted octanol–water partition coefficient (Wildman–Crippen LogP) is 3.20. The van der Waals surface area contributed by atoms with Gasteiger partial charge in [-0.2, -0.15) is 9.61 Å². The molecule has 26 heavy (non-hydrogen) atoms. The van der Waals surface area contributed by atoms with E-state index in [4.69, 9.17) is 0 Å². The number of hydrogen-bond donors (Lipinski definition) is 0. The molecule has 7 heteroatoms. The Hall–Kier alpha value is -2.41. The van der Waals surface area contributed by atoms with E-state index in [0.29, 0.717) is 16.6 Å². The first-order chi connectivity index (χ1) is 12.7. The Balaban J connectivity index is 1.53. The minimum Gasteiger partial charge on any atom is -0.342 e. The molecule has 0 N–H and O–H groups in total. The third-order valence-electron chi connectivity index (χ3n) is 4.62. The first-order valence-corrected chi connectivity index (χ1v) is 9.89. The number of likely N-dealkylation sites (tertiary alicyclic amines) is 1. The summed E-state index contributed by atoms with van der Waals surface area (Å²) in [5, 5.41) is 13.7. The fraction of sp³-hybridized carbons (Fsp3) is 0.368. The number of hydrogen-bond acceptors (Lipinski definition) is 5. The fourth-order valence-electron chi connectivity index (χ4n) is 3.10. The Bertz CT molecular complexity index is 915. The van der Waals surface area contributed by atoms with Crippen LogP contribution in [0.1, 0.15) is 24.8 Å². The lowest BCUT2D eigenvalue weighted by atomic mass is 10.1. The Morgan fingerprint density at radius 3 is 2.58 bits per heavy atom. The Morgan fingerprint density at radius 1 is 1.04 bits per heavy atom. The zero-order valence-corrected chi connectivity index (χ0v) is 15.6. The number of amides is 1. The van der Waals surface area contributed by atoms with E-state index in [1.807, 2.05) is 17.0 Å². The molecule has 1 fully saturated rings. The number of fused-ring (bicyclic) bond motifs is 1. The van der Waals surface area contributed by atoms with Crippen LogP contribution in [0, 0.1) is 6.92 Å². The van der Waals surface area contributed by atoms with Gasteiger partial charge in [-0.25, -0.2) is 0 Å². The summed E-state index contributed by atoms with van der Waals surface area (Å²) in [5.41, 5.74) is 3.81. The molecule has 1 amide bonds. The molecule has 0 saturated carbocycles. The molecule has 4 rings (SSSR count). The maximum Gasteiger partial charge on any atom is 0.233 e. The summed E-state index contributed by atoms with van der Waals surface area (Å²) >= 11 is 1.40. The van der Waals surface area contributed by atoms with Gasteiger partial charge in [-0.05, 0) is 38.3 Å². The molecule has 134 valence electrons. The standard InChI is InChI=1S/C19H21N5OS/c1-14-5-7-15(8-6-14)16-9-10-17-20-21-19(24(17)22-16)26-13-18(25)23-11-3-2-4-12-23/h5-10H,2-4,11-13H2,1H3. The van der Waals surface area contributed by atoms with E-state index in [2.05, 4.69) is 46.5 Å². The average Bonchev–Trinajstić information content (AvgIpc) is 3.09. The molecule has 0 atom stereocenters. The van der Waals surface area contributed by atoms with Gasteiger partial charge >= 0.3 is 0 Å². The molecule has 6 nitrogen and oxygen atoms in total. The molecule has 0 bridgehead atoms. The van der Waals surface area contributed by atoms with Crippen molar-refractivity contribution < 1.29 is 4.79 Å². The zero-order chi connectivity index (χ0) is 17.9. The van der Waals surface area contributed by atoms with Crippen LogP contribution in [0.2, 0.25) is 0 Å². The lowest BCUT2D eigenvalue weighted by Crippen LogP contribution is -2.36. The highest BCUT2D eigenvalue weighted by molar-refractivity contribution is 7.99. The van der Waals surface area contributed by atoms with Crippen LogP contribution in [0.15, 0.2) is 41.6 Å². The molecule has 2 aromatic heterocycles. The average molecular weight is 367 g/mol. The summed E-state index contributed by atoms with van der Waals surface area (Å²) in [7, 11) is 0. The van der Waals surface area contributed by atoms with Gasteiger partial charge in [0.25, 0.3) is 0 Å². The van der Waals surface area contributed by atoms with E-state index in [1.54, 1.807) is 4.52 Å². The smallest absolute Gasteiger partial charge is 0.233 e. The SMILES string of the molecule is Cc1ccc(-c2ccc3nnc(SCC(=O)N4CCCCC4)n3n2)cc1. The maximum atomic E-state index is 12.4. The van der Waals surface area contributed by atoms with Gasteiger partial charge in [-0.3, -0.25) is 4.79 Å². The molecule has 0 radical (unpaired) electrons. The van der Waals surface area contributed by atoms with Crippen LogP contribution in [0.5, 0.6) is 0 Å². The maximum absolute atomic E-state index is 12.4. The molecule has 0 unspecified atom stereocenters. The number of aromatic nitrogens is 4. The van der Waals surface area contributed by atoms with Crippen molar-refractivity contribution in [3.63, 3.8) is 0 Å². The van der Waals surface area contributed by atoms with E-state index >= 15 is 0 Å². The topological polar surface area (TPSA) is 63.4 Å². The molecule has 1 saturated heterocycles. The molecule has 1 aliphatic heterocycles. The summed E-state index contributed by atoms with van der Waals surface area (Å²) in [5.74, 6) is 0.540. The number of piperidine rings is 1. The number of rotatable bonds is 4.